The van der Waals surface area contributed by atoms with Gasteiger partial charge in [0, 0.05) is 0 Å². The van der Waals surface area contributed by atoms with Crippen LogP contribution in [-0.2, 0) is 4.74 Å². The molecule has 1 aliphatic heterocycles. The fraction of sp³-hybridized carbons (Fsp3) is 0.290. The molecule has 9 nitrogen and oxygen atoms in total. The van der Waals surface area contributed by atoms with Gasteiger partial charge in [0.25, 0.3) is 5.91 Å². The zero-order valence-corrected chi connectivity index (χ0v) is 24.3. The first-order valence-corrected chi connectivity index (χ1v) is 14.1. The standard InChI is InChI=1S/C31H30N2O7S/c1-7-12-39-30(36)28-18(6)32-31(41-28)33-25(19-10-11-21(37-8-2)23(15-19)38-9-3)24-26(34)20-13-16(4)17(5)14-22(20)40-27(24)29(33)35/h7,10-11,13-15,25H,1,8-9,12H2,2-6H3. The van der Waals surface area contributed by atoms with Gasteiger partial charge in [-0.15, -0.1) is 0 Å². The molecule has 0 N–H and O–H groups in total. The number of aromatic nitrogens is 1. The molecular formula is C31H30N2O7S. The van der Waals surface area contributed by atoms with Gasteiger partial charge in [-0.25, -0.2) is 9.78 Å². The number of nitrogens with zero attached hydrogens (tertiary/aromatic N) is 2. The highest BCUT2D eigenvalue weighted by Gasteiger charge is 2.45. The summed E-state index contributed by atoms with van der Waals surface area (Å²) >= 11 is 1.01. The maximum atomic E-state index is 14.1. The highest BCUT2D eigenvalue weighted by Crippen LogP contribution is 2.45. The van der Waals surface area contributed by atoms with Crippen molar-refractivity contribution in [3.05, 3.63) is 91.8 Å². The van der Waals surface area contributed by atoms with E-state index in [0.29, 0.717) is 46.9 Å². The summed E-state index contributed by atoms with van der Waals surface area (Å²) in [7, 11) is 0. The van der Waals surface area contributed by atoms with E-state index in [1.807, 2.05) is 27.7 Å². The molecule has 4 aromatic rings. The molecule has 1 amide bonds. The van der Waals surface area contributed by atoms with Gasteiger partial charge in [-0.1, -0.05) is 30.1 Å². The fourth-order valence-electron chi connectivity index (χ4n) is 4.85. The van der Waals surface area contributed by atoms with Gasteiger partial charge in [0.15, 0.2) is 22.1 Å². The van der Waals surface area contributed by atoms with Crippen LogP contribution in [0.2, 0.25) is 0 Å². The Kier molecular flexibility index (Phi) is 7.68. The number of anilines is 1. The molecule has 0 bridgehead atoms. The van der Waals surface area contributed by atoms with E-state index in [0.717, 1.165) is 22.5 Å². The van der Waals surface area contributed by atoms with Crippen molar-refractivity contribution < 1.29 is 28.2 Å². The van der Waals surface area contributed by atoms with Gasteiger partial charge in [0.05, 0.1) is 35.9 Å². The lowest BCUT2D eigenvalue weighted by Gasteiger charge is -2.23. The number of fused-ring (bicyclic) bond motifs is 2. The lowest BCUT2D eigenvalue weighted by atomic mass is 9.97. The molecule has 2 aromatic heterocycles. The number of carbonyl (C=O) groups is 2. The third kappa shape index (κ3) is 4.88. The van der Waals surface area contributed by atoms with E-state index in [4.69, 9.17) is 18.6 Å². The summed E-state index contributed by atoms with van der Waals surface area (Å²) in [6, 6.07) is 7.97. The van der Waals surface area contributed by atoms with Crippen LogP contribution >= 0.6 is 11.3 Å². The van der Waals surface area contributed by atoms with Crippen molar-refractivity contribution in [1.82, 2.24) is 4.98 Å². The molecule has 0 fully saturated rings. The first-order valence-electron chi connectivity index (χ1n) is 13.3. The van der Waals surface area contributed by atoms with Gasteiger partial charge in [-0.05, 0) is 75.6 Å². The minimum Gasteiger partial charge on any atom is -0.490 e. The third-order valence-corrected chi connectivity index (χ3v) is 8.02. The molecule has 10 heteroatoms. The molecule has 2 aromatic carbocycles. The van der Waals surface area contributed by atoms with Crippen LogP contribution in [0.5, 0.6) is 11.5 Å². The van der Waals surface area contributed by atoms with Crippen LogP contribution in [-0.4, -0.2) is 36.7 Å². The Morgan fingerprint density at radius 3 is 2.49 bits per heavy atom. The Hall–Kier alpha value is -4.44. The number of thiazole rings is 1. The first kappa shape index (κ1) is 28.1. The third-order valence-electron chi connectivity index (χ3n) is 6.88. The van der Waals surface area contributed by atoms with Crippen LogP contribution in [0.25, 0.3) is 11.0 Å². The summed E-state index contributed by atoms with van der Waals surface area (Å²) in [5.74, 6) is -0.144. The number of hydrogen-bond donors (Lipinski definition) is 0. The Balaban J connectivity index is 1.75. The molecule has 1 unspecified atom stereocenters. The predicted molar refractivity (Wildman–Crippen MR) is 157 cm³/mol. The first-order chi connectivity index (χ1) is 19.7. The molecular weight excluding hydrogens is 544 g/mol. The number of rotatable bonds is 9. The molecule has 1 atom stereocenters. The summed E-state index contributed by atoms with van der Waals surface area (Å²) in [5.41, 5.74) is 3.08. The number of benzene rings is 2. The summed E-state index contributed by atoms with van der Waals surface area (Å²) < 4.78 is 23.0. The molecule has 3 heterocycles. The van der Waals surface area contributed by atoms with Crippen molar-refractivity contribution >= 4 is 39.3 Å². The predicted octanol–water partition coefficient (Wildman–Crippen LogP) is 6.06. The highest BCUT2D eigenvalue weighted by atomic mass is 32.1. The molecule has 0 aliphatic carbocycles. The average Bonchev–Trinajstić information content (AvgIpc) is 3.47. The van der Waals surface area contributed by atoms with Gasteiger partial charge in [-0.3, -0.25) is 14.5 Å². The van der Waals surface area contributed by atoms with Crippen molar-refractivity contribution in [2.24, 2.45) is 0 Å². The maximum absolute atomic E-state index is 14.1. The van der Waals surface area contributed by atoms with Gasteiger partial charge in [-0.2, -0.15) is 0 Å². The van der Waals surface area contributed by atoms with Crippen molar-refractivity contribution in [1.29, 1.82) is 0 Å². The lowest BCUT2D eigenvalue weighted by molar-refractivity contribution is 0.0554. The smallest absolute Gasteiger partial charge is 0.350 e. The van der Waals surface area contributed by atoms with Crippen molar-refractivity contribution in [3.63, 3.8) is 0 Å². The second-order valence-electron chi connectivity index (χ2n) is 9.55. The molecule has 5 rings (SSSR count). The van der Waals surface area contributed by atoms with Crippen LogP contribution in [0.1, 0.15) is 68.1 Å². The van der Waals surface area contributed by atoms with Gasteiger partial charge >= 0.3 is 5.97 Å². The van der Waals surface area contributed by atoms with E-state index in [1.54, 1.807) is 37.3 Å². The Labute approximate surface area is 241 Å². The average molecular weight is 575 g/mol. The molecule has 41 heavy (non-hydrogen) atoms. The zero-order chi connectivity index (χ0) is 29.4. The second-order valence-corrected chi connectivity index (χ2v) is 10.5. The lowest BCUT2D eigenvalue weighted by Crippen LogP contribution is -2.29. The minimum absolute atomic E-state index is 0.0401. The van der Waals surface area contributed by atoms with Crippen LogP contribution in [0.3, 0.4) is 0 Å². The zero-order valence-electron chi connectivity index (χ0n) is 23.5. The number of esters is 1. The second kappa shape index (κ2) is 11.2. The monoisotopic (exact) mass is 574 g/mol. The quantitative estimate of drug-likeness (QED) is 0.175. The fourth-order valence-corrected chi connectivity index (χ4v) is 5.84. The minimum atomic E-state index is -0.891. The van der Waals surface area contributed by atoms with E-state index >= 15 is 0 Å². The van der Waals surface area contributed by atoms with Crippen molar-refractivity contribution in [3.8, 4) is 11.5 Å². The topological polar surface area (TPSA) is 108 Å². The van der Waals surface area contributed by atoms with Crippen LogP contribution in [0, 0.1) is 20.8 Å². The molecule has 1 aliphatic rings. The van der Waals surface area contributed by atoms with Crippen LogP contribution < -0.4 is 19.8 Å². The molecule has 0 radical (unpaired) electrons. The summed E-state index contributed by atoms with van der Waals surface area (Å²) in [6.45, 7) is 13.7. The summed E-state index contributed by atoms with van der Waals surface area (Å²) in [5, 5.41) is 0.614. The molecule has 0 saturated carbocycles. The van der Waals surface area contributed by atoms with Gasteiger partial charge in [0.2, 0.25) is 5.76 Å². The van der Waals surface area contributed by atoms with E-state index in [9.17, 15) is 14.4 Å². The number of hydrogen-bond acceptors (Lipinski definition) is 9. The normalized spacial score (nSPS) is 14.3. The number of carbonyl (C=O) groups excluding carboxylic acids is 2. The van der Waals surface area contributed by atoms with E-state index < -0.39 is 17.9 Å². The van der Waals surface area contributed by atoms with E-state index in [-0.39, 0.29) is 33.4 Å². The molecule has 0 spiro atoms. The summed E-state index contributed by atoms with van der Waals surface area (Å²) in [4.78, 5) is 47.0. The SMILES string of the molecule is C=CCOC(=O)c1sc(N2C(=O)c3oc4cc(C)c(C)cc4c(=O)c3C2c2ccc(OCC)c(OCC)c2)nc1C. The number of ether oxygens (including phenoxy) is 3. The van der Waals surface area contributed by atoms with Gasteiger partial charge in [0.1, 0.15) is 17.1 Å². The van der Waals surface area contributed by atoms with Crippen LogP contribution in [0.15, 0.2) is 52.2 Å². The van der Waals surface area contributed by atoms with Crippen LogP contribution in [0.4, 0.5) is 5.13 Å². The number of amides is 1. The Morgan fingerprint density at radius 2 is 1.78 bits per heavy atom. The van der Waals surface area contributed by atoms with E-state index in [1.165, 1.54) is 11.0 Å². The summed E-state index contributed by atoms with van der Waals surface area (Å²) in [6.07, 6.45) is 1.47. The maximum Gasteiger partial charge on any atom is 0.350 e. The van der Waals surface area contributed by atoms with Crippen molar-refractivity contribution in [2.75, 3.05) is 24.7 Å². The highest BCUT2D eigenvalue weighted by molar-refractivity contribution is 7.17. The largest absolute Gasteiger partial charge is 0.490 e. The Morgan fingerprint density at radius 1 is 1.07 bits per heavy atom. The van der Waals surface area contributed by atoms with Gasteiger partial charge < -0.3 is 18.6 Å². The number of aryl methyl sites for hydroxylation is 3. The molecule has 212 valence electrons. The van der Waals surface area contributed by atoms with Crippen molar-refractivity contribution in [2.45, 2.75) is 40.7 Å². The molecule has 0 saturated heterocycles. The Bertz CT molecular complexity index is 1750. The van der Waals surface area contributed by atoms with E-state index in [2.05, 4.69) is 11.6 Å².